The van der Waals surface area contributed by atoms with E-state index < -0.39 is 0 Å². The number of ether oxygens (including phenoxy) is 1. The molecule has 3 heterocycles. The number of anilines is 1. The zero-order valence-corrected chi connectivity index (χ0v) is 13.7. The van der Waals surface area contributed by atoms with E-state index in [0.717, 1.165) is 37.4 Å². The Hall–Kier alpha value is -2.17. The second-order valence-electron chi connectivity index (χ2n) is 5.58. The molecule has 0 bridgehead atoms. The van der Waals surface area contributed by atoms with Crippen LogP contribution >= 0.6 is 11.3 Å². The average molecular weight is 322 g/mol. The van der Waals surface area contributed by atoms with Crippen LogP contribution in [0.2, 0.25) is 0 Å². The summed E-state index contributed by atoms with van der Waals surface area (Å²) in [6, 6.07) is 12.8. The number of morpholine rings is 1. The van der Waals surface area contributed by atoms with E-state index in [4.69, 9.17) is 4.74 Å². The lowest BCUT2D eigenvalue weighted by Crippen LogP contribution is -2.36. The molecule has 0 aliphatic carbocycles. The molecule has 0 radical (unpaired) electrons. The van der Waals surface area contributed by atoms with E-state index in [9.17, 15) is 0 Å². The molecule has 4 heteroatoms. The smallest absolute Gasteiger partial charge is 0.0837 e. The van der Waals surface area contributed by atoms with Gasteiger partial charge in [-0.2, -0.15) is 0 Å². The number of fused-ring (bicyclic) bond motifs is 1. The zero-order chi connectivity index (χ0) is 15.6. The van der Waals surface area contributed by atoms with Crippen LogP contribution in [0.1, 0.15) is 5.56 Å². The van der Waals surface area contributed by atoms with Crippen LogP contribution < -0.4 is 4.90 Å². The molecule has 3 aromatic rings. The van der Waals surface area contributed by atoms with Crippen LogP contribution in [0.25, 0.3) is 26.7 Å². The average Bonchev–Trinajstić information content (AvgIpc) is 3.07. The second kappa shape index (κ2) is 6.14. The minimum Gasteiger partial charge on any atom is -0.378 e. The van der Waals surface area contributed by atoms with E-state index in [1.54, 1.807) is 0 Å². The van der Waals surface area contributed by atoms with Gasteiger partial charge in [0.05, 0.1) is 29.1 Å². The van der Waals surface area contributed by atoms with Gasteiger partial charge in [-0.3, -0.25) is 4.98 Å². The van der Waals surface area contributed by atoms with Crippen LogP contribution in [0.15, 0.2) is 49.2 Å². The van der Waals surface area contributed by atoms with Crippen molar-refractivity contribution >= 4 is 33.3 Å². The molecule has 2 aromatic heterocycles. The van der Waals surface area contributed by atoms with Gasteiger partial charge in [0, 0.05) is 24.2 Å². The molecule has 0 spiro atoms. The molecule has 1 aliphatic heterocycles. The van der Waals surface area contributed by atoms with Crippen LogP contribution in [0.5, 0.6) is 0 Å². The summed E-state index contributed by atoms with van der Waals surface area (Å²) in [5, 5.41) is 0. The van der Waals surface area contributed by atoms with Gasteiger partial charge in [0.1, 0.15) is 0 Å². The van der Waals surface area contributed by atoms with Crippen molar-refractivity contribution in [3.05, 3.63) is 54.7 Å². The maximum Gasteiger partial charge on any atom is 0.0837 e. The number of thiophene rings is 1. The van der Waals surface area contributed by atoms with Gasteiger partial charge in [-0.25, -0.2) is 0 Å². The molecule has 0 saturated carbocycles. The Kier molecular flexibility index (Phi) is 3.85. The first-order chi connectivity index (χ1) is 11.3. The SMILES string of the molecule is C=Cc1cccc(-c2cc3nccc(N4CCOCC4)c3s2)c1. The number of pyridine rings is 1. The molecular formula is C19H18N2OS. The van der Waals surface area contributed by atoms with Gasteiger partial charge in [-0.1, -0.05) is 30.9 Å². The summed E-state index contributed by atoms with van der Waals surface area (Å²) in [5.41, 5.74) is 4.70. The van der Waals surface area contributed by atoms with E-state index in [-0.39, 0.29) is 0 Å². The normalized spacial score (nSPS) is 15.0. The Balaban J connectivity index is 1.79. The van der Waals surface area contributed by atoms with Crippen molar-refractivity contribution in [2.75, 3.05) is 31.2 Å². The first-order valence-electron chi connectivity index (χ1n) is 7.79. The molecule has 1 aromatic carbocycles. The minimum atomic E-state index is 0.795. The highest BCUT2D eigenvalue weighted by Gasteiger charge is 2.16. The lowest BCUT2D eigenvalue weighted by Gasteiger charge is -2.29. The van der Waals surface area contributed by atoms with Gasteiger partial charge in [0.2, 0.25) is 0 Å². The van der Waals surface area contributed by atoms with Crippen molar-refractivity contribution in [1.29, 1.82) is 0 Å². The Morgan fingerprint density at radius 1 is 1.17 bits per heavy atom. The lowest BCUT2D eigenvalue weighted by molar-refractivity contribution is 0.123. The highest BCUT2D eigenvalue weighted by atomic mass is 32.1. The molecule has 3 nitrogen and oxygen atoms in total. The Morgan fingerprint density at radius 3 is 2.87 bits per heavy atom. The molecule has 0 N–H and O–H groups in total. The maximum absolute atomic E-state index is 5.47. The number of aromatic nitrogens is 1. The molecule has 0 unspecified atom stereocenters. The van der Waals surface area contributed by atoms with Gasteiger partial charge in [-0.15, -0.1) is 11.3 Å². The molecule has 23 heavy (non-hydrogen) atoms. The fraction of sp³-hybridized carbons (Fsp3) is 0.211. The summed E-state index contributed by atoms with van der Waals surface area (Å²) in [6.07, 6.45) is 3.79. The van der Waals surface area contributed by atoms with Crippen molar-refractivity contribution < 1.29 is 4.74 Å². The predicted octanol–water partition coefficient (Wildman–Crippen LogP) is 4.44. The Bertz CT molecular complexity index is 849. The third kappa shape index (κ3) is 2.76. The van der Waals surface area contributed by atoms with E-state index in [1.165, 1.54) is 20.8 Å². The van der Waals surface area contributed by atoms with Crippen LogP contribution in [-0.4, -0.2) is 31.3 Å². The Labute approximate surface area is 139 Å². The summed E-state index contributed by atoms with van der Waals surface area (Å²) >= 11 is 1.81. The molecule has 1 saturated heterocycles. The van der Waals surface area contributed by atoms with Gasteiger partial charge in [0.15, 0.2) is 0 Å². The van der Waals surface area contributed by atoms with Crippen LogP contribution in [-0.2, 0) is 4.74 Å². The van der Waals surface area contributed by atoms with Crippen molar-refractivity contribution in [2.24, 2.45) is 0 Å². The van der Waals surface area contributed by atoms with Crippen molar-refractivity contribution in [3.63, 3.8) is 0 Å². The lowest BCUT2D eigenvalue weighted by atomic mass is 10.1. The standard InChI is InChI=1S/C19H18N2OS/c1-2-14-4-3-5-15(12-14)18-13-16-19(23-18)17(6-7-20-16)21-8-10-22-11-9-21/h2-7,12-13H,1,8-11H2. The molecule has 116 valence electrons. The molecule has 4 rings (SSSR count). The van der Waals surface area contributed by atoms with Gasteiger partial charge < -0.3 is 9.64 Å². The predicted molar refractivity (Wildman–Crippen MR) is 98.2 cm³/mol. The highest BCUT2D eigenvalue weighted by Crippen LogP contribution is 2.38. The van der Waals surface area contributed by atoms with E-state index >= 15 is 0 Å². The fourth-order valence-corrected chi connectivity index (χ4v) is 4.09. The topological polar surface area (TPSA) is 25.4 Å². The highest BCUT2D eigenvalue weighted by molar-refractivity contribution is 7.22. The number of rotatable bonds is 3. The molecule has 1 aliphatic rings. The van der Waals surface area contributed by atoms with Crippen molar-refractivity contribution in [1.82, 2.24) is 4.98 Å². The number of nitrogens with zero attached hydrogens (tertiary/aromatic N) is 2. The third-order valence-electron chi connectivity index (χ3n) is 4.15. The zero-order valence-electron chi connectivity index (χ0n) is 12.9. The third-order valence-corrected chi connectivity index (χ3v) is 5.35. The van der Waals surface area contributed by atoms with Gasteiger partial charge in [0.25, 0.3) is 0 Å². The first kappa shape index (κ1) is 14.4. The van der Waals surface area contributed by atoms with E-state index in [0.29, 0.717) is 0 Å². The van der Waals surface area contributed by atoms with Crippen LogP contribution in [0.3, 0.4) is 0 Å². The second-order valence-corrected chi connectivity index (χ2v) is 6.64. The minimum absolute atomic E-state index is 0.795. The number of benzene rings is 1. The fourth-order valence-electron chi connectivity index (χ4n) is 2.94. The summed E-state index contributed by atoms with van der Waals surface area (Å²) < 4.78 is 6.73. The summed E-state index contributed by atoms with van der Waals surface area (Å²) in [6.45, 7) is 7.33. The van der Waals surface area contributed by atoms with Crippen LogP contribution in [0, 0.1) is 0 Å². The summed E-state index contributed by atoms with van der Waals surface area (Å²) in [7, 11) is 0. The summed E-state index contributed by atoms with van der Waals surface area (Å²) in [5.74, 6) is 0. The molecule has 0 amide bonds. The number of hydrogen-bond acceptors (Lipinski definition) is 4. The molecule has 0 atom stereocenters. The maximum atomic E-state index is 5.47. The Morgan fingerprint density at radius 2 is 2.04 bits per heavy atom. The monoisotopic (exact) mass is 322 g/mol. The molecular weight excluding hydrogens is 304 g/mol. The van der Waals surface area contributed by atoms with E-state index in [2.05, 4.69) is 52.9 Å². The van der Waals surface area contributed by atoms with Gasteiger partial charge >= 0.3 is 0 Å². The quantitative estimate of drug-likeness (QED) is 0.712. The van der Waals surface area contributed by atoms with Crippen LogP contribution in [0.4, 0.5) is 5.69 Å². The van der Waals surface area contributed by atoms with Crippen molar-refractivity contribution in [3.8, 4) is 10.4 Å². The summed E-state index contributed by atoms with van der Waals surface area (Å²) in [4.78, 5) is 8.20. The first-order valence-corrected chi connectivity index (χ1v) is 8.61. The largest absolute Gasteiger partial charge is 0.378 e. The molecule has 1 fully saturated rings. The van der Waals surface area contributed by atoms with Crippen molar-refractivity contribution in [2.45, 2.75) is 0 Å². The van der Waals surface area contributed by atoms with E-state index in [1.807, 2.05) is 23.6 Å². The van der Waals surface area contributed by atoms with Gasteiger partial charge in [-0.05, 0) is 29.3 Å². The number of hydrogen-bond donors (Lipinski definition) is 0.